The van der Waals surface area contributed by atoms with Crippen LogP contribution < -0.4 is 0 Å². The van der Waals surface area contributed by atoms with E-state index < -0.39 is 35.7 Å². The SMILES string of the molecule is CC(C)C1N(C(=O)C(Cc2ccccc2)C2OC(=CCCOCCOCCO)C=CC2=O)C(=O)OC1(C)C. The summed E-state index contributed by atoms with van der Waals surface area (Å²) in [6.45, 7) is 8.91. The number of hydrogen-bond donors (Lipinski definition) is 1. The van der Waals surface area contributed by atoms with Crippen LogP contribution in [0.25, 0.3) is 0 Å². The number of allylic oxidation sites excluding steroid dienone is 1. The maximum Gasteiger partial charge on any atom is 0.417 e. The molecule has 0 saturated carbocycles. The predicted molar refractivity (Wildman–Crippen MR) is 140 cm³/mol. The van der Waals surface area contributed by atoms with Crippen molar-refractivity contribution in [1.82, 2.24) is 4.90 Å². The maximum absolute atomic E-state index is 14.0. The van der Waals surface area contributed by atoms with E-state index >= 15 is 0 Å². The van der Waals surface area contributed by atoms with Crippen LogP contribution in [-0.4, -0.2) is 78.6 Å². The Kier molecular flexibility index (Phi) is 10.6. The Labute approximate surface area is 224 Å². The quantitative estimate of drug-likeness (QED) is 0.387. The van der Waals surface area contributed by atoms with Crippen LogP contribution in [0, 0.1) is 11.8 Å². The zero-order valence-corrected chi connectivity index (χ0v) is 22.6. The molecule has 0 bridgehead atoms. The molecule has 1 fully saturated rings. The van der Waals surface area contributed by atoms with Crippen molar-refractivity contribution in [2.24, 2.45) is 11.8 Å². The van der Waals surface area contributed by atoms with Gasteiger partial charge in [-0.1, -0.05) is 44.2 Å². The zero-order chi connectivity index (χ0) is 27.7. The standard InChI is InChI=1S/C29H39NO8/c1-20(2)26-29(3,4)38-28(34)30(26)27(33)23(19-21-9-6-5-7-10-21)25-24(32)13-12-22(37-25)11-8-15-35-17-18-36-16-14-31/h5-7,9-13,20,23,25-26,31H,8,14-19H2,1-4H3. The summed E-state index contributed by atoms with van der Waals surface area (Å²) in [5.41, 5.74) is -0.00363. The fraction of sp³-hybridized carbons (Fsp3) is 0.552. The van der Waals surface area contributed by atoms with Crippen LogP contribution in [0.15, 0.2) is 54.3 Å². The predicted octanol–water partition coefficient (Wildman–Crippen LogP) is 3.45. The Morgan fingerprint density at radius 3 is 2.42 bits per heavy atom. The van der Waals surface area contributed by atoms with Gasteiger partial charge < -0.3 is 24.1 Å². The molecule has 9 heteroatoms. The molecule has 2 aliphatic heterocycles. The number of benzene rings is 1. The smallest absolute Gasteiger partial charge is 0.417 e. The number of ketones is 1. The molecule has 38 heavy (non-hydrogen) atoms. The molecule has 1 aromatic rings. The Hall–Kier alpha value is -3.01. The van der Waals surface area contributed by atoms with Gasteiger partial charge in [0.1, 0.15) is 11.4 Å². The Morgan fingerprint density at radius 2 is 1.76 bits per heavy atom. The molecular weight excluding hydrogens is 490 g/mol. The number of aliphatic hydroxyl groups excluding tert-OH is 1. The van der Waals surface area contributed by atoms with Crippen LogP contribution in [-0.2, 0) is 35.0 Å². The van der Waals surface area contributed by atoms with Gasteiger partial charge in [-0.3, -0.25) is 9.59 Å². The second kappa shape index (κ2) is 13.7. The van der Waals surface area contributed by atoms with Crippen molar-refractivity contribution in [1.29, 1.82) is 0 Å². The van der Waals surface area contributed by atoms with Crippen molar-refractivity contribution >= 4 is 17.8 Å². The van der Waals surface area contributed by atoms with E-state index in [1.54, 1.807) is 26.0 Å². The van der Waals surface area contributed by atoms with Crippen molar-refractivity contribution in [3.63, 3.8) is 0 Å². The van der Waals surface area contributed by atoms with E-state index in [1.165, 1.54) is 11.0 Å². The lowest BCUT2D eigenvalue weighted by atomic mass is 9.85. The Balaban J connectivity index is 1.78. The van der Waals surface area contributed by atoms with Gasteiger partial charge in [0.25, 0.3) is 0 Å². The van der Waals surface area contributed by atoms with Crippen LogP contribution in [0.2, 0.25) is 0 Å². The molecule has 3 atom stereocenters. The molecule has 208 valence electrons. The fourth-order valence-corrected chi connectivity index (χ4v) is 5.03. The van der Waals surface area contributed by atoms with Gasteiger partial charge >= 0.3 is 6.09 Å². The number of carbonyl (C=O) groups excluding carboxylic acids is 3. The lowest BCUT2D eigenvalue weighted by Gasteiger charge is -2.35. The number of cyclic esters (lactones) is 1. The molecule has 1 aromatic carbocycles. The molecular formula is C29H39NO8. The van der Waals surface area contributed by atoms with E-state index in [0.29, 0.717) is 32.0 Å². The topological polar surface area (TPSA) is 112 Å². The highest BCUT2D eigenvalue weighted by Gasteiger charge is 2.54. The highest BCUT2D eigenvalue weighted by atomic mass is 16.6. The summed E-state index contributed by atoms with van der Waals surface area (Å²) in [4.78, 5) is 41.2. The van der Waals surface area contributed by atoms with Crippen molar-refractivity contribution < 1.29 is 38.4 Å². The van der Waals surface area contributed by atoms with Gasteiger partial charge in [0.05, 0.1) is 45.0 Å². The summed E-state index contributed by atoms with van der Waals surface area (Å²) in [5.74, 6) is -1.33. The van der Waals surface area contributed by atoms with Crippen LogP contribution >= 0.6 is 0 Å². The third-order valence-electron chi connectivity index (χ3n) is 6.56. The van der Waals surface area contributed by atoms with Gasteiger partial charge in [0.15, 0.2) is 11.9 Å². The largest absolute Gasteiger partial charge is 0.482 e. The van der Waals surface area contributed by atoms with Gasteiger partial charge in [0.2, 0.25) is 5.91 Å². The lowest BCUT2D eigenvalue weighted by molar-refractivity contribution is -0.144. The summed E-state index contributed by atoms with van der Waals surface area (Å²) in [5, 5.41) is 8.72. The number of hydrogen-bond acceptors (Lipinski definition) is 8. The molecule has 3 rings (SSSR count). The summed E-state index contributed by atoms with van der Waals surface area (Å²) in [6.07, 6.45) is 3.77. The van der Waals surface area contributed by atoms with Crippen molar-refractivity contribution in [3.8, 4) is 0 Å². The number of imide groups is 1. The number of ether oxygens (including phenoxy) is 4. The Morgan fingerprint density at radius 1 is 1.08 bits per heavy atom. The van der Waals surface area contributed by atoms with E-state index in [1.807, 2.05) is 44.2 Å². The average Bonchev–Trinajstić information content (AvgIpc) is 3.13. The van der Waals surface area contributed by atoms with E-state index in [4.69, 9.17) is 24.1 Å². The lowest BCUT2D eigenvalue weighted by Crippen LogP contribution is -2.53. The van der Waals surface area contributed by atoms with E-state index in [-0.39, 0.29) is 31.3 Å². The number of amides is 2. The molecule has 1 saturated heterocycles. The third kappa shape index (κ3) is 7.52. The van der Waals surface area contributed by atoms with Gasteiger partial charge in [-0.2, -0.15) is 0 Å². The van der Waals surface area contributed by atoms with Crippen LogP contribution in [0.4, 0.5) is 4.79 Å². The zero-order valence-electron chi connectivity index (χ0n) is 22.6. The summed E-state index contributed by atoms with van der Waals surface area (Å²) < 4.78 is 22.3. The first-order valence-corrected chi connectivity index (χ1v) is 13.1. The minimum atomic E-state index is -1.09. The molecule has 0 spiro atoms. The van der Waals surface area contributed by atoms with Crippen LogP contribution in [0.1, 0.15) is 39.7 Å². The van der Waals surface area contributed by atoms with Gasteiger partial charge in [0, 0.05) is 0 Å². The van der Waals surface area contributed by atoms with Gasteiger partial charge in [-0.25, -0.2) is 9.69 Å². The second-order valence-electron chi connectivity index (χ2n) is 10.3. The average molecular weight is 530 g/mol. The minimum absolute atomic E-state index is 0.0295. The van der Waals surface area contributed by atoms with Crippen molar-refractivity contribution in [3.05, 3.63) is 59.9 Å². The molecule has 0 aliphatic carbocycles. The molecule has 2 heterocycles. The summed E-state index contributed by atoms with van der Waals surface area (Å²) in [7, 11) is 0. The fourth-order valence-electron chi connectivity index (χ4n) is 5.03. The first kappa shape index (κ1) is 29.5. The van der Waals surface area contributed by atoms with Crippen LogP contribution in [0.5, 0.6) is 0 Å². The molecule has 1 N–H and O–H groups in total. The van der Waals surface area contributed by atoms with Gasteiger partial charge in [-0.15, -0.1) is 0 Å². The molecule has 2 amide bonds. The van der Waals surface area contributed by atoms with Crippen LogP contribution in [0.3, 0.4) is 0 Å². The Bertz CT molecular complexity index is 1020. The summed E-state index contributed by atoms with van der Waals surface area (Å²) in [6, 6.07) is 8.89. The molecule has 0 aromatic heterocycles. The van der Waals surface area contributed by atoms with E-state index in [0.717, 1.165) is 5.56 Å². The number of carbonyl (C=O) groups is 3. The molecule has 9 nitrogen and oxygen atoms in total. The molecule has 3 unspecified atom stereocenters. The van der Waals surface area contributed by atoms with Gasteiger partial charge in [-0.05, 0) is 56.4 Å². The molecule has 0 radical (unpaired) electrons. The minimum Gasteiger partial charge on any atom is -0.482 e. The normalized spacial score (nSPS) is 22.6. The summed E-state index contributed by atoms with van der Waals surface area (Å²) >= 11 is 0. The molecule has 2 aliphatic rings. The monoisotopic (exact) mass is 529 g/mol. The van der Waals surface area contributed by atoms with Crippen molar-refractivity contribution in [2.45, 2.75) is 58.3 Å². The maximum atomic E-state index is 14.0. The third-order valence-corrected chi connectivity index (χ3v) is 6.56. The highest BCUT2D eigenvalue weighted by molar-refractivity contribution is 6.02. The van der Waals surface area contributed by atoms with E-state index in [9.17, 15) is 14.4 Å². The number of rotatable bonds is 13. The van der Waals surface area contributed by atoms with E-state index in [2.05, 4.69) is 0 Å². The van der Waals surface area contributed by atoms with Crippen molar-refractivity contribution in [2.75, 3.05) is 33.0 Å². The number of aliphatic hydroxyl groups is 1. The first-order valence-electron chi connectivity index (χ1n) is 13.1. The number of nitrogens with zero attached hydrogens (tertiary/aromatic N) is 1. The highest BCUT2D eigenvalue weighted by Crippen LogP contribution is 2.36. The second-order valence-corrected chi connectivity index (χ2v) is 10.3. The first-order chi connectivity index (χ1) is 18.2.